The molecule has 2 bridgehead atoms. The first kappa shape index (κ1) is 23.7. The number of rotatable bonds is 9. The molecule has 1 amide bonds. The number of aliphatic hydroxyl groups is 1. The number of amides is 1. The number of hydrogen-bond acceptors (Lipinski definition) is 5. The zero-order valence-corrected chi connectivity index (χ0v) is 20.7. The van der Waals surface area contributed by atoms with Gasteiger partial charge in [-0.1, -0.05) is 48.9 Å². The summed E-state index contributed by atoms with van der Waals surface area (Å²) < 4.78 is 17.5. The van der Waals surface area contributed by atoms with Gasteiger partial charge in [-0.25, -0.2) is 0 Å². The van der Waals surface area contributed by atoms with Crippen molar-refractivity contribution in [3.05, 3.63) is 71.0 Å². The summed E-state index contributed by atoms with van der Waals surface area (Å²) in [5.41, 5.74) is 6.50. The second-order valence-corrected chi connectivity index (χ2v) is 10.6. The van der Waals surface area contributed by atoms with Crippen LogP contribution in [0.15, 0.2) is 54.3 Å². The minimum Gasteiger partial charge on any atom is -0.459 e. The van der Waals surface area contributed by atoms with Crippen LogP contribution < -0.4 is 5.32 Å². The molecule has 1 heterocycles. The average Bonchev–Trinajstić information content (AvgIpc) is 3.62. The van der Waals surface area contributed by atoms with Gasteiger partial charge in [-0.15, -0.1) is 0 Å². The van der Waals surface area contributed by atoms with Gasteiger partial charge in [0.15, 0.2) is 5.76 Å². The molecule has 2 N–H and O–H groups in total. The average molecular weight is 490 g/mol. The molecule has 2 fully saturated rings. The summed E-state index contributed by atoms with van der Waals surface area (Å²) >= 11 is 0. The molecule has 0 spiro atoms. The Labute approximate surface area is 212 Å². The van der Waals surface area contributed by atoms with E-state index in [0.717, 1.165) is 18.8 Å². The van der Waals surface area contributed by atoms with Crippen molar-refractivity contribution in [2.45, 2.75) is 56.8 Å². The molecule has 2 aromatic rings. The molecule has 4 aliphatic rings. The van der Waals surface area contributed by atoms with Gasteiger partial charge in [0.2, 0.25) is 6.29 Å². The molecule has 6 heteroatoms. The molecule has 1 aliphatic heterocycles. The first-order chi connectivity index (χ1) is 17.7. The van der Waals surface area contributed by atoms with E-state index in [2.05, 4.69) is 47.8 Å². The van der Waals surface area contributed by atoms with Gasteiger partial charge < -0.3 is 24.6 Å². The first-order valence-electron chi connectivity index (χ1n) is 13.4. The van der Waals surface area contributed by atoms with Gasteiger partial charge in [-0.2, -0.15) is 0 Å². The predicted octanol–water partition coefficient (Wildman–Crippen LogP) is 4.30. The van der Waals surface area contributed by atoms with E-state index in [9.17, 15) is 4.79 Å². The topological polar surface area (TPSA) is 77.0 Å². The number of allylic oxidation sites excluding steroid dienone is 1. The van der Waals surface area contributed by atoms with Gasteiger partial charge in [0.05, 0.1) is 26.4 Å². The third kappa shape index (κ3) is 4.70. The SMILES string of the molecule is O=C(NC1CC2CCC1C2)C1=CC(c2cccc3c2Cc2ccccc2-3)CC(OCCOCCO)O1. The maximum atomic E-state index is 13.4. The number of nitrogens with one attached hydrogen (secondary N) is 1. The highest BCUT2D eigenvalue weighted by Crippen LogP contribution is 2.45. The molecule has 0 radical (unpaired) electrons. The second-order valence-electron chi connectivity index (χ2n) is 10.6. The van der Waals surface area contributed by atoms with Crippen molar-refractivity contribution in [2.75, 3.05) is 26.4 Å². The summed E-state index contributed by atoms with van der Waals surface area (Å²) in [6.07, 6.45) is 7.85. The largest absolute Gasteiger partial charge is 0.459 e. The minimum atomic E-state index is -0.529. The Hall–Kier alpha value is -2.67. The van der Waals surface area contributed by atoms with Crippen LogP contribution >= 0.6 is 0 Å². The lowest BCUT2D eigenvalue weighted by Gasteiger charge is -2.31. The quantitative estimate of drug-likeness (QED) is 0.438. The molecule has 5 atom stereocenters. The number of ether oxygens (including phenoxy) is 3. The lowest BCUT2D eigenvalue weighted by molar-refractivity contribution is -0.151. The van der Waals surface area contributed by atoms with Crippen LogP contribution in [0.2, 0.25) is 0 Å². The van der Waals surface area contributed by atoms with E-state index >= 15 is 0 Å². The standard InChI is InChI=1S/C30H35NO5/c32-10-11-34-12-13-35-29-18-22(17-28(36-29)30(33)31-27-15-19-8-9-21(27)14-19)24-6-3-7-25-23-5-2-1-4-20(23)16-26(24)25/h1-7,17,19,21-22,27,29,32H,8-16,18H2,(H,31,33). The van der Waals surface area contributed by atoms with E-state index in [1.54, 1.807) is 0 Å². The minimum absolute atomic E-state index is 0.0143. The maximum Gasteiger partial charge on any atom is 0.286 e. The highest BCUT2D eigenvalue weighted by atomic mass is 16.7. The van der Waals surface area contributed by atoms with Crippen molar-refractivity contribution in [1.29, 1.82) is 0 Å². The van der Waals surface area contributed by atoms with Gasteiger partial charge >= 0.3 is 0 Å². The van der Waals surface area contributed by atoms with E-state index < -0.39 is 6.29 Å². The molecule has 5 unspecified atom stereocenters. The van der Waals surface area contributed by atoms with Crippen LogP contribution in [-0.4, -0.2) is 49.8 Å². The summed E-state index contributed by atoms with van der Waals surface area (Å²) in [4.78, 5) is 13.4. The van der Waals surface area contributed by atoms with Crippen molar-refractivity contribution in [1.82, 2.24) is 5.32 Å². The fourth-order valence-electron chi connectivity index (χ4n) is 6.73. The van der Waals surface area contributed by atoms with Crippen LogP contribution in [0.1, 0.15) is 54.7 Å². The number of fused-ring (bicyclic) bond motifs is 5. The van der Waals surface area contributed by atoms with E-state index in [0.29, 0.717) is 31.3 Å². The van der Waals surface area contributed by atoms with Crippen LogP contribution in [0.5, 0.6) is 0 Å². The molecule has 6 rings (SSSR count). The highest BCUT2D eigenvalue weighted by molar-refractivity contribution is 5.92. The Kier molecular flexibility index (Phi) is 6.83. The molecule has 2 saturated carbocycles. The molecule has 3 aliphatic carbocycles. The molecule has 0 aromatic heterocycles. The van der Waals surface area contributed by atoms with Crippen molar-refractivity contribution >= 4 is 5.91 Å². The summed E-state index contributed by atoms with van der Waals surface area (Å²) in [7, 11) is 0. The number of benzene rings is 2. The van der Waals surface area contributed by atoms with Crippen molar-refractivity contribution in [3.63, 3.8) is 0 Å². The monoisotopic (exact) mass is 489 g/mol. The third-order valence-electron chi connectivity index (χ3n) is 8.39. The maximum absolute atomic E-state index is 13.4. The normalized spacial score (nSPS) is 27.8. The van der Waals surface area contributed by atoms with E-state index in [1.165, 1.54) is 47.1 Å². The van der Waals surface area contributed by atoms with Crippen LogP contribution in [-0.2, 0) is 25.4 Å². The summed E-state index contributed by atoms with van der Waals surface area (Å²) in [6.45, 7) is 0.986. The summed E-state index contributed by atoms with van der Waals surface area (Å²) in [5, 5.41) is 12.2. The van der Waals surface area contributed by atoms with E-state index in [-0.39, 0.29) is 31.1 Å². The van der Waals surface area contributed by atoms with Gasteiger partial charge in [-0.05, 0) is 71.4 Å². The second kappa shape index (κ2) is 10.4. The highest BCUT2D eigenvalue weighted by Gasteiger charge is 2.41. The van der Waals surface area contributed by atoms with Gasteiger partial charge in [0.1, 0.15) is 0 Å². The summed E-state index contributed by atoms with van der Waals surface area (Å²) in [5.74, 6) is 1.62. The van der Waals surface area contributed by atoms with Gasteiger partial charge in [0.25, 0.3) is 5.91 Å². The number of carbonyl (C=O) groups excluding carboxylic acids is 1. The molecular weight excluding hydrogens is 454 g/mol. The lowest BCUT2D eigenvalue weighted by Crippen LogP contribution is -2.41. The smallest absolute Gasteiger partial charge is 0.286 e. The molecular formula is C30H35NO5. The summed E-state index contributed by atoms with van der Waals surface area (Å²) in [6, 6.07) is 15.3. The van der Waals surface area contributed by atoms with Crippen molar-refractivity contribution in [2.24, 2.45) is 11.8 Å². The lowest BCUT2D eigenvalue weighted by atomic mass is 9.87. The van der Waals surface area contributed by atoms with Crippen LogP contribution in [0.25, 0.3) is 11.1 Å². The fraction of sp³-hybridized carbons (Fsp3) is 0.500. The molecule has 190 valence electrons. The molecule has 0 saturated heterocycles. The molecule has 36 heavy (non-hydrogen) atoms. The Morgan fingerprint density at radius 1 is 1.00 bits per heavy atom. The van der Waals surface area contributed by atoms with Crippen LogP contribution in [0.3, 0.4) is 0 Å². The zero-order chi connectivity index (χ0) is 24.5. The van der Waals surface area contributed by atoms with Crippen LogP contribution in [0, 0.1) is 11.8 Å². The number of hydrogen-bond donors (Lipinski definition) is 2. The van der Waals surface area contributed by atoms with Gasteiger partial charge in [0, 0.05) is 18.4 Å². The first-order valence-corrected chi connectivity index (χ1v) is 13.4. The molecule has 2 aromatic carbocycles. The Bertz CT molecular complexity index is 1140. The van der Waals surface area contributed by atoms with E-state index in [4.69, 9.17) is 19.3 Å². The fourth-order valence-corrected chi connectivity index (χ4v) is 6.73. The Morgan fingerprint density at radius 3 is 2.72 bits per heavy atom. The van der Waals surface area contributed by atoms with E-state index in [1.807, 2.05) is 6.08 Å². The number of aliphatic hydroxyl groups excluding tert-OH is 1. The predicted molar refractivity (Wildman–Crippen MR) is 136 cm³/mol. The number of carbonyl (C=O) groups is 1. The van der Waals surface area contributed by atoms with Crippen LogP contribution in [0.4, 0.5) is 0 Å². The van der Waals surface area contributed by atoms with Gasteiger partial charge in [-0.3, -0.25) is 4.79 Å². The van der Waals surface area contributed by atoms with Crippen molar-refractivity contribution in [3.8, 4) is 11.1 Å². The third-order valence-corrected chi connectivity index (χ3v) is 8.39. The Morgan fingerprint density at radius 2 is 1.89 bits per heavy atom. The zero-order valence-electron chi connectivity index (χ0n) is 20.7. The Balaban J connectivity index is 1.23. The molecule has 6 nitrogen and oxygen atoms in total. The van der Waals surface area contributed by atoms with Crippen molar-refractivity contribution < 1.29 is 24.1 Å².